The number of hydrogen-bond acceptors (Lipinski definition) is 4. The van der Waals surface area contributed by atoms with Gasteiger partial charge in [0.1, 0.15) is 17.3 Å². The second-order valence-electron chi connectivity index (χ2n) is 10.2. The van der Waals surface area contributed by atoms with E-state index >= 15 is 0 Å². The van der Waals surface area contributed by atoms with Crippen molar-refractivity contribution >= 4 is 39.4 Å². The molecule has 2 aromatic heterocycles. The van der Waals surface area contributed by atoms with Crippen LogP contribution in [0.4, 0.5) is 11.4 Å². The monoisotopic (exact) mass is 494 g/mol. The second-order valence-corrected chi connectivity index (χ2v) is 10.2. The van der Waals surface area contributed by atoms with Crippen molar-refractivity contribution in [2.45, 2.75) is 19.3 Å². The van der Waals surface area contributed by atoms with Crippen LogP contribution in [0.1, 0.15) is 30.5 Å². The molecule has 6 aromatic rings. The largest absolute Gasteiger partial charge is 0.457 e. The quantitative estimate of drug-likeness (QED) is 0.237. The third-order valence-electron chi connectivity index (χ3n) is 7.57. The van der Waals surface area contributed by atoms with Gasteiger partial charge >= 0.3 is 0 Å². The predicted molar refractivity (Wildman–Crippen MR) is 155 cm³/mol. The van der Waals surface area contributed by atoms with Crippen molar-refractivity contribution in [3.05, 3.63) is 120 Å². The molecule has 2 N–H and O–H groups in total. The van der Waals surface area contributed by atoms with E-state index in [4.69, 9.17) is 15.1 Å². The van der Waals surface area contributed by atoms with Crippen molar-refractivity contribution < 1.29 is 4.74 Å². The molecule has 7 rings (SSSR count). The van der Waals surface area contributed by atoms with Crippen LogP contribution < -0.4 is 10.1 Å². The van der Waals surface area contributed by atoms with Crippen LogP contribution in [0.15, 0.2) is 103 Å². The van der Waals surface area contributed by atoms with E-state index in [9.17, 15) is 0 Å². The van der Waals surface area contributed by atoms with Crippen LogP contribution >= 0.6 is 0 Å². The number of aromatic nitrogens is 2. The lowest BCUT2D eigenvalue weighted by atomic mass is 9.76. The van der Waals surface area contributed by atoms with E-state index in [0.29, 0.717) is 0 Å². The molecule has 0 aliphatic carbocycles. The minimum atomic E-state index is -0.142. The number of para-hydroxylation sites is 2. The van der Waals surface area contributed by atoms with Gasteiger partial charge < -0.3 is 15.5 Å². The summed E-state index contributed by atoms with van der Waals surface area (Å²) in [6.07, 6.45) is 3.22. The molecule has 0 saturated carbocycles. The Morgan fingerprint density at radius 1 is 0.816 bits per heavy atom. The van der Waals surface area contributed by atoms with Gasteiger partial charge in [-0.3, -0.25) is 4.57 Å². The Hall–Kier alpha value is -4.90. The maximum absolute atomic E-state index is 7.67. The van der Waals surface area contributed by atoms with Gasteiger partial charge in [-0.15, -0.1) is 0 Å². The van der Waals surface area contributed by atoms with Gasteiger partial charge in [0.15, 0.2) is 0 Å². The highest BCUT2D eigenvalue weighted by Gasteiger charge is 2.35. The van der Waals surface area contributed by atoms with Crippen molar-refractivity contribution in [1.82, 2.24) is 9.55 Å². The summed E-state index contributed by atoms with van der Waals surface area (Å²) in [4.78, 5) is 4.84. The van der Waals surface area contributed by atoms with Gasteiger partial charge in [-0.1, -0.05) is 62.4 Å². The fourth-order valence-corrected chi connectivity index (χ4v) is 5.71. The first-order valence-electron chi connectivity index (χ1n) is 12.7. The molecular formula is C33H26N4O. The van der Waals surface area contributed by atoms with Gasteiger partial charge in [-0.25, -0.2) is 4.98 Å². The lowest BCUT2D eigenvalue weighted by molar-refractivity contribution is 0.483. The minimum absolute atomic E-state index is 0.142. The lowest BCUT2D eigenvalue weighted by Crippen LogP contribution is -2.26. The maximum Gasteiger partial charge on any atom is 0.141 e. The van der Waals surface area contributed by atoms with E-state index in [-0.39, 0.29) is 5.41 Å². The van der Waals surface area contributed by atoms with Crippen LogP contribution in [-0.4, -0.2) is 15.8 Å². The predicted octanol–water partition coefficient (Wildman–Crippen LogP) is 8.35. The number of benzene rings is 4. The second kappa shape index (κ2) is 8.32. The zero-order valence-electron chi connectivity index (χ0n) is 21.2. The zero-order chi connectivity index (χ0) is 25.9. The van der Waals surface area contributed by atoms with Gasteiger partial charge in [-0.2, -0.15) is 0 Å². The Balaban J connectivity index is 1.32. The number of ether oxygens (including phenoxy) is 1. The van der Waals surface area contributed by atoms with E-state index in [0.717, 1.165) is 39.8 Å². The summed E-state index contributed by atoms with van der Waals surface area (Å²) in [7, 11) is 0. The Morgan fingerprint density at radius 2 is 1.63 bits per heavy atom. The fraction of sp³-hybridized carbons (Fsp3) is 0.0909. The molecule has 0 radical (unpaired) electrons. The van der Waals surface area contributed by atoms with Gasteiger partial charge in [0.25, 0.3) is 0 Å². The number of fused-ring (bicyclic) bond motifs is 5. The number of nitrogens with one attached hydrogen (secondary N) is 2. The summed E-state index contributed by atoms with van der Waals surface area (Å²) in [5.74, 6) is 2.47. The zero-order valence-corrected chi connectivity index (χ0v) is 21.2. The highest BCUT2D eigenvalue weighted by atomic mass is 16.5. The maximum atomic E-state index is 7.67. The molecule has 0 unspecified atom stereocenters. The van der Waals surface area contributed by atoms with Crippen LogP contribution in [0.25, 0.3) is 27.6 Å². The Labute approximate surface area is 220 Å². The molecule has 4 aromatic carbocycles. The average Bonchev–Trinajstić information content (AvgIpc) is 3.27. The summed E-state index contributed by atoms with van der Waals surface area (Å²) >= 11 is 0. The van der Waals surface area contributed by atoms with Gasteiger partial charge in [0, 0.05) is 63.2 Å². The summed E-state index contributed by atoms with van der Waals surface area (Å²) in [6, 6.07) is 32.7. The normalized spacial score (nSPS) is 13.3. The van der Waals surface area contributed by atoms with E-state index in [1.807, 2.05) is 66.9 Å². The molecular weight excluding hydrogens is 468 g/mol. The molecule has 0 amide bonds. The van der Waals surface area contributed by atoms with Crippen molar-refractivity contribution in [1.29, 1.82) is 5.41 Å². The number of pyridine rings is 1. The van der Waals surface area contributed by atoms with E-state index < -0.39 is 0 Å². The first-order chi connectivity index (χ1) is 18.5. The molecule has 5 heteroatoms. The van der Waals surface area contributed by atoms with E-state index in [1.165, 1.54) is 33.6 Å². The summed E-state index contributed by atoms with van der Waals surface area (Å²) in [6.45, 7) is 4.55. The Bertz CT molecular complexity index is 1880. The molecule has 1 aliphatic heterocycles. The number of anilines is 2. The van der Waals surface area contributed by atoms with Crippen molar-refractivity contribution in [2.24, 2.45) is 0 Å². The first-order valence-corrected chi connectivity index (χ1v) is 12.7. The topological polar surface area (TPSA) is 62.9 Å². The molecule has 3 heterocycles. The van der Waals surface area contributed by atoms with Crippen LogP contribution in [0.3, 0.4) is 0 Å². The number of rotatable bonds is 5. The molecule has 5 nitrogen and oxygen atoms in total. The third-order valence-corrected chi connectivity index (χ3v) is 7.57. The third kappa shape index (κ3) is 3.32. The molecule has 0 atom stereocenters. The van der Waals surface area contributed by atoms with E-state index in [1.54, 1.807) is 0 Å². The molecule has 38 heavy (non-hydrogen) atoms. The Morgan fingerprint density at radius 3 is 2.53 bits per heavy atom. The fourth-order valence-electron chi connectivity index (χ4n) is 5.71. The van der Waals surface area contributed by atoms with Crippen molar-refractivity contribution in [2.75, 3.05) is 5.32 Å². The molecule has 1 aliphatic rings. The summed E-state index contributed by atoms with van der Waals surface area (Å²) in [5.41, 5.74) is 7.27. The van der Waals surface area contributed by atoms with E-state index in [2.05, 4.69) is 60.1 Å². The molecule has 184 valence electrons. The molecule has 0 saturated heterocycles. The lowest BCUT2D eigenvalue weighted by Gasteiger charge is -2.33. The van der Waals surface area contributed by atoms with Crippen molar-refractivity contribution in [3.8, 4) is 17.3 Å². The summed E-state index contributed by atoms with van der Waals surface area (Å²) in [5, 5.41) is 13.5. The summed E-state index contributed by atoms with van der Waals surface area (Å²) < 4.78 is 8.67. The van der Waals surface area contributed by atoms with Gasteiger partial charge in [0.05, 0.1) is 11.0 Å². The molecule has 0 fully saturated rings. The first kappa shape index (κ1) is 22.3. The van der Waals surface area contributed by atoms with Crippen LogP contribution in [0, 0.1) is 5.41 Å². The van der Waals surface area contributed by atoms with Crippen LogP contribution in [-0.2, 0) is 5.41 Å². The highest BCUT2D eigenvalue weighted by Crippen LogP contribution is 2.47. The number of hydrogen-bond donors (Lipinski definition) is 2. The standard InChI is InChI=1S/C33H26N4O/c1-33(2)27-12-6-11-26-25-16-15-24(19-30(25)37(31(26)27)32-28(33)13-7-17-35-32)38-23-10-5-9-22(18-23)36-29-14-4-3-8-21(29)20-34/h3-20,34,36H,1-2H3. The smallest absolute Gasteiger partial charge is 0.141 e. The SMILES string of the molecule is CC1(C)c2cccnc2-n2c3cc(Oc4cccc(Nc5ccccc5C=N)c4)ccc3c3cccc1c32. The van der Waals surface area contributed by atoms with Crippen LogP contribution in [0.5, 0.6) is 11.5 Å². The Kier molecular flexibility index (Phi) is 4.88. The minimum Gasteiger partial charge on any atom is -0.457 e. The van der Waals surface area contributed by atoms with Crippen molar-refractivity contribution in [3.63, 3.8) is 0 Å². The van der Waals surface area contributed by atoms with Gasteiger partial charge in [0.2, 0.25) is 0 Å². The molecule has 0 spiro atoms. The van der Waals surface area contributed by atoms with Crippen LogP contribution in [0.2, 0.25) is 0 Å². The van der Waals surface area contributed by atoms with Gasteiger partial charge in [-0.05, 0) is 42.0 Å². The number of nitrogens with zero attached hydrogens (tertiary/aromatic N) is 2. The highest BCUT2D eigenvalue weighted by molar-refractivity contribution is 6.11. The average molecular weight is 495 g/mol. The molecule has 0 bridgehead atoms.